The van der Waals surface area contributed by atoms with Gasteiger partial charge in [-0.2, -0.15) is 0 Å². The molecule has 83 heavy (non-hydrogen) atoms. The van der Waals surface area contributed by atoms with Crippen molar-refractivity contribution in [1.82, 2.24) is 14.8 Å². The first-order valence-electron chi connectivity index (χ1n) is 30.5. The number of aromatic nitrogens is 1. The van der Waals surface area contributed by atoms with Crippen molar-refractivity contribution in [2.75, 3.05) is 30.3 Å². The molecule has 0 radical (unpaired) electrons. The summed E-state index contributed by atoms with van der Waals surface area (Å²) in [7, 11) is 0. The Kier molecular flexibility index (Phi) is 14.6. The SMILES string of the molecule is CC(=O)OCC1=C(C(=O)O[C@H]2CC[C@@]3(C)C(CC[C@]4(C)[C@@H]3CC=C3[C@@H]5[C@@H](C)[C@H](C)CC[C@]5(C(=O)OC5CCN(c6c(F)cc7c(=O)c(C(=O)O)cn8c7c6CCC8C)CC5)CC[C@]34C)C2(C)C)N2C(=O)[C@@H](NC(=O)Cc3cccs3)[C@H]2SC1. The van der Waals surface area contributed by atoms with Gasteiger partial charge in [0.15, 0.2) is 0 Å². The average molecular weight is 1180 g/mol. The van der Waals surface area contributed by atoms with E-state index in [4.69, 9.17) is 14.2 Å². The van der Waals surface area contributed by atoms with Crippen LogP contribution in [0.25, 0.3) is 10.9 Å². The summed E-state index contributed by atoms with van der Waals surface area (Å²) < 4.78 is 37.0. The molecule has 18 heteroatoms. The van der Waals surface area contributed by atoms with Gasteiger partial charge in [-0.25, -0.2) is 14.0 Å². The standard InChI is InChI=1S/C65H81FN4O11S2/c1-34-16-23-65(60(78)80-39-19-26-68(27-20-39)54-41-13-12-35(2)69-31-43(58(75)76)55(73)42(53(41)69)30-45(54)66)25-24-63(8)44(50(65)36(34)3)14-15-47-62(7)21-18-48(61(5,6)46(62)17-22-64(47,63)9)81-59(77)52-38(32-79-37(4)71)33-83-57-51(56(74)70(52)57)67-49(72)29-40-11-10-28-82-40/h10-11,14,28,30-31,34-36,39,46-48,50-51,57H,12-13,15-27,29,32-33H2,1-9H3,(H,67,72)(H,75,76)/t34-,35?,36+,46?,47-,48+,50+,51-,57-,62+,63-,64-,65+/m1/s1. The molecule has 2 unspecified atom stereocenters. The quantitative estimate of drug-likeness (QED) is 0.0799. The van der Waals surface area contributed by atoms with Gasteiger partial charge in [0.05, 0.1) is 23.0 Å². The zero-order chi connectivity index (χ0) is 59.0. The number of carboxylic acids is 1. The van der Waals surface area contributed by atoms with Gasteiger partial charge in [0.25, 0.3) is 5.91 Å². The number of hydrogen-bond donors (Lipinski definition) is 2. The van der Waals surface area contributed by atoms with Crippen molar-refractivity contribution < 1.29 is 52.5 Å². The van der Waals surface area contributed by atoms with E-state index < -0.39 is 63.4 Å². The number of ether oxygens (including phenoxy) is 3. The number of β-lactam (4-membered cyclic amide) rings is 1. The monoisotopic (exact) mass is 1180 g/mol. The molecule has 3 aromatic rings. The number of carbonyl (C=O) groups is 6. The molecule has 0 bridgehead atoms. The second kappa shape index (κ2) is 20.9. The van der Waals surface area contributed by atoms with Gasteiger partial charge >= 0.3 is 23.9 Å². The van der Waals surface area contributed by atoms with Crippen LogP contribution >= 0.6 is 23.1 Å². The molecule has 5 aliphatic carbocycles. The van der Waals surface area contributed by atoms with Gasteiger partial charge in [0.2, 0.25) is 11.3 Å². The first kappa shape index (κ1) is 57.9. The van der Waals surface area contributed by atoms with E-state index >= 15 is 9.18 Å². The Bertz CT molecular complexity index is 3350. The van der Waals surface area contributed by atoms with E-state index in [1.807, 2.05) is 33.9 Å². The van der Waals surface area contributed by atoms with E-state index in [0.717, 1.165) is 61.8 Å². The maximum Gasteiger partial charge on any atom is 0.355 e. The van der Waals surface area contributed by atoms with Crippen LogP contribution in [0, 0.1) is 62.5 Å². The van der Waals surface area contributed by atoms with Crippen LogP contribution in [0.2, 0.25) is 0 Å². The molecular formula is C65H81FN4O11S2. The third kappa shape index (κ3) is 8.98. The zero-order valence-corrected chi connectivity index (χ0v) is 51.2. The van der Waals surface area contributed by atoms with Gasteiger partial charge in [0.1, 0.15) is 47.3 Å². The molecule has 15 nitrogen and oxygen atoms in total. The normalized spacial score (nSPS) is 35.3. The van der Waals surface area contributed by atoms with Crippen LogP contribution in [0.15, 0.2) is 57.5 Å². The third-order valence-electron chi connectivity index (χ3n) is 23.4. The highest BCUT2D eigenvalue weighted by molar-refractivity contribution is 8.00. The number of benzene rings is 1. The van der Waals surface area contributed by atoms with Crippen LogP contribution in [0.4, 0.5) is 10.1 Å². The molecule has 6 heterocycles. The third-order valence-corrected chi connectivity index (χ3v) is 25.6. The Labute approximate surface area is 493 Å². The Morgan fingerprint density at radius 1 is 0.904 bits per heavy atom. The van der Waals surface area contributed by atoms with Crippen LogP contribution < -0.4 is 15.6 Å². The van der Waals surface area contributed by atoms with Crippen molar-refractivity contribution in [2.45, 2.75) is 182 Å². The number of thioether (sulfide) groups is 1. The lowest BCUT2D eigenvalue weighted by molar-refractivity contribution is -0.215. The summed E-state index contributed by atoms with van der Waals surface area (Å²) in [4.78, 5) is 98.9. The van der Waals surface area contributed by atoms with Gasteiger partial charge < -0.3 is 34.1 Å². The minimum atomic E-state index is -1.33. The summed E-state index contributed by atoms with van der Waals surface area (Å²) in [6.45, 7) is 20.8. The molecule has 2 saturated heterocycles. The first-order chi connectivity index (χ1) is 39.3. The topological polar surface area (TPSA) is 191 Å². The first-order valence-corrected chi connectivity index (χ1v) is 32.4. The fourth-order valence-electron chi connectivity index (χ4n) is 18.6. The molecule has 446 valence electrons. The molecule has 4 saturated carbocycles. The number of esters is 3. The van der Waals surface area contributed by atoms with Crippen molar-refractivity contribution in [3.05, 3.63) is 84.7 Å². The lowest BCUT2D eigenvalue weighted by atomic mass is 9.33. The Hall–Kier alpha value is -5.49. The lowest BCUT2D eigenvalue weighted by Gasteiger charge is -2.71. The molecular weight excluding hydrogens is 1100 g/mol. The summed E-state index contributed by atoms with van der Waals surface area (Å²) in [6.07, 6.45) is 13.4. The average Bonchev–Trinajstić information content (AvgIpc) is 2.22. The highest BCUT2D eigenvalue weighted by Gasteiger charge is 2.70. The largest absolute Gasteiger partial charge is 0.477 e. The molecule has 2 N–H and O–H groups in total. The van der Waals surface area contributed by atoms with Gasteiger partial charge in [-0.3, -0.25) is 28.9 Å². The minimum absolute atomic E-state index is 0.0304. The molecule has 2 amide bonds. The molecule has 0 spiro atoms. The fraction of sp³-hybridized carbons (Fsp3) is 0.646. The molecule has 4 aliphatic heterocycles. The number of pyridine rings is 1. The van der Waals surface area contributed by atoms with Crippen molar-refractivity contribution in [1.29, 1.82) is 0 Å². The van der Waals surface area contributed by atoms with Crippen LogP contribution in [0.5, 0.6) is 0 Å². The number of anilines is 1. The predicted octanol–water partition coefficient (Wildman–Crippen LogP) is 10.9. The van der Waals surface area contributed by atoms with Crippen molar-refractivity contribution in [3.8, 4) is 0 Å². The fourth-order valence-corrected chi connectivity index (χ4v) is 20.6. The van der Waals surface area contributed by atoms with E-state index in [1.165, 1.54) is 52.8 Å². The summed E-state index contributed by atoms with van der Waals surface area (Å²) in [5.41, 5.74) is 1.38. The lowest BCUT2D eigenvalue weighted by Crippen LogP contribution is -2.71. The summed E-state index contributed by atoms with van der Waals surface area (Å²) in [6, 6.07) is 4.12. The van der Waals surface area contributed by atoms with E-state index in [-0.39, 0.29) is 87.7 Å². The molecule has 9 aliphatic rings. The Balaban J connectivity index is 0.752. The number of hydrogen-bond acceptors (Lipinski definition) is 13. The summed E-state index contributed by atoms with van der Waals surface area (Å²) in [5, 5.41) is 14.2. The Morgan fingerprint density at radius 2 is 1.66 bits per heavy atom. The highest BCUT2D eigenvalue weighted by Crippen LogP contribution is 2.76. The second-order valence-corrected chi connectivity index (χ2v) is 29.8. The maximum atomic E-state index is 16.3. The molecule has 12 rings (SSSR count). The molecule has 6 fully saturated rings. The summed E-state index contributed by atoms with van der Waals surface area (Å²) in [5.74, 6) is -2.11. The number of aromatic carboxylic acids is 1. The van der Waals surface area contributed by atoms with Gasteiger partial charge in [-0.1, -0.05) is 66.2 Å². The van der Waals surface area contributed by atoms with Crippen LogP contribution in [0.1, 0.15) is 166 Å². The van der Waals surface area contributed by atoms with Gasteiger partial charge in [-0.15, -0.1) is 23.1 Å². The van der Waals surface area contributed by atoms with Crippen LogP contribution in [0.3, 0.4) is 0 Å². The van der Waals surface area contributed by atoms with Crippen LogP contribution in [-0.2, 0) is 51.0 Å². The van der Waals surface area contributed by atoms with Crippen molar-refractivity contribution >= 4 is 75.4 Å². The zero-order valence-electron chi connectivity index (χ0n) is 49.5. The highest BCUT2D eigenvalue weighted by atomic mass is 32.2. The summed E-state index contributed by atoms with van der Waals surface area (Å²) >= 11 is 2.91. The van der Waals surface area contributed by atoms with Gasteiger partial charge in [0, 0.05) is 77.7 Å². The number of aryl methyl sites for hydroxylation is 1. The number of piperidine rings is 1. The molecule has 1 aromatic carbocycles. The number of carboxylic acid groups (broad SMARTS) is 1. The number of carbonyl (C=O) groups excluding carboxylic acids is 5. The van der Waals surface area contributed by atoms with E-state index in [9.17, 15) is 33.9 Å². The number of amides is 2. The van der Waals surface area contributed by atoms with E-state index in [1.54, 1.807) is 0 Å². The number of halogens is 1. The number of fused-ring (bicyclic) bond motifs is 8. The second-order valence-electron chi connectivity index (χ2n) is 27.6. The van der Waals surface area contributed by atoms with Crippen molar-refractivity contribution in [2.24, 2.45) is 56.7 Å². The number of nitrogens with one attached hydrogen (secondary N) is 1. The molecule has 13 atom stereocenters. The number of allylic oxidation sites excluding steroid dienone is 2. The Morgan fingerprint density at radius 3 is 2.37 bits per heavy atom. The van der Waals surface area contributed by atoms with E-state index in [0.29, 0.717) is 79.6 Å². The van der Waals surface area contributed by atoms with E-state index in [2.05, 4.69) is 59.9 Å². The minimum Gasteiger partial charge on any atom is -0.477 e. The molecule has 2 aromatic heterocycles. The maximum absolute atomic E-state index is 16.3. The smallest absolute Gasteiger partial charge is 0.355 e. The number of thiophene rings is 1. The van der Waals surface area contributed by atoms with Gasteiger partial charge in [-0.05, 0) is 141 Å². The van der Waals surface area contributed by atoms with Crippen molar-refractivity contribution in [3.63, 3.8) is 0 Å². The van der Waals surface area contributed by atoms with Crippen LogP contribution in [-0.4, -0.2) is 99.3 Å². The number of nitrogens with zero attached hydrogens (tertiary/aromatic N) is 3. The number of rotatable bonds is 11. The predicted molar refractivity (Wildman–Crippen MR) is 315 cm³/mol.